The van der Waals surface area contributed by atoms with Crippen molar-refractivity contribution in [2.24, 2.45) is 28.6 Å². The van der Waals surface area contributed by atoms with E-state index in [2.05, 4.69) is 47.6 Å². The Labute approximate surface area is 131 Å². The minimum absolute atomic E-state index is 0.259. The van der Waals surface area contributed by atoms with Crippen LogP contribution in [0.15, 0.2) is 11.6 Å². The average molecular weight is 290 g/mol. The Balaban J connectivity index is 1.87. The quantitative estimate of drug-likeness (QED) is 0.566. The number of ketones is 1. The summed E-state index contributed by atoms with van der Waals surface area (Å²) in [7, 11) is 0. The van der Waals surface area contributed by atoms with Crippen molar-refractivity contribution >= 4 is 5.78 Å². The van der Waals surface area contributed by atoms with E-state index in [1.165, 1.54) is 31.3 Å². The molecule has 4 atom stereocenters. The molecule has 1 nitrogen and oxygen atoms in total. The van der Waals surface area contributed by atoms with E-state index in [1.54, 1.807) is 0 Å². The summed E-state index contributed by atoms with van der Waals surface area (Å²) in [5, 5.41) is 0. The average Bonchev–Trinajstić information content (AvgIpc) is 2.34. The third-order valence-electron chi connectivity index (χ3n) is 6.50. The van der Waals surface area contributed by atoms with Crippen molar-refractivity contribution in [3.05, 3.63) is 11.6 Å². The molecule has 21 heavy (non-hydrogen) atoms. The highest BCUT2D eigenvalue weighted by Gasteiger charge is 2.62. The largest absolute Gasteiger partial charge is 0.299 e. The van der Waals surface area contributed by atoms with Crippen LogP contribution in [0.3, 0.4) is 0 Å². The first kappa shape index (κ1) is 16.8. The summed E-state index contributed by atoms with van der Waals surface area (Å²) in [5.74, 6) is 2.44. The second kappa shape index (κ2) is 5.89. The zero-order chi connectivity index (χ0) is 15.8. The number of fused-ring (bicyclic) bond motifs is 2. The highest BCUT2D eigenvalue weighted by atomic mass is 16.1. The van der Waals surface area contributed by atoms with Crippen molar-refractivity contribution < 1.29 is 4.79 Å². The maximum atomic E-state index is 12.3. The van der Waals surface area contributed by atoms with Crippen LogP contribution in [-0.4, -0.2) is 5.78 Å². The lowest BCUT2D eigenvalue weighted by Crippen LogP contribution is -2.61. The fourth-order valence-electron chi connectivity index (χ4n) is 4.94. The van der Waals surface area contributed by atoms with Gasteiger partial charge in [0, 0.05) is 12.3 Å². The highest BCUT2D eigenvalue weighted by Crippen LogP contribution is 2.65. The Morgan fingerprint density at radius 3 is 2.48 bits per heavy atom. The molecule has 0 spiro atoms. The van der Waals surface area contributed by atoms with E-state index < -0.39 is 0 Å². The van der Waals surface area contributed by atoms with Gasteiger partial charge in [0.2, 0.25) is 0 Å². The molecular formula is C20H34O. The van der Waals surface area contributed by atoms with E-state index in [0.717, 1.165) is 24.7 Å². The van der Waals surface area contributed by atoms with E-state index in [9.17, 15) is 4.79 Å². The van der Waals surface area contributed by atoms with Crippen LogP contribution in [-0.2, 0) is 4.79 Å². The van der Waals surface area contributed by atoms with Gasteiger partial charge in [0.1, 0.15) is 5.78 Å². The Morgan fingerprint density at radius 2 is 1.95 bits per heavy atom. The molecule has 3 saturated carbocycles. The summed E-state index contributed by atoms with van der Waals surface area (Å²) >= 11 is 0. The third kappa shape index (κ3) is 3.27. The van der Waals surface area contributed by atoms with Crippen molar-refractivity contribution in [2.75, 3.05) is 0 Å². The SMILES string of the molecule is CC(C)=CCC[C@@H](C)CC[C@@]1(C)CC(=O)[C@@H]2C[C@H]1C2(C)C. The van der Waals surface area contributed by atoms with Gasteiger partial charge in [0.05, 0.1) is 0 Å². The number of hydrogen-bond acceptors (Lipinski definition) is 1. The molecule has 2 bridgehead atoms. The predicted molar refractivity (Wildman–Crippen MR) is 90.2 cm³/mol. The number of carbonyl (C=O) groups excluding carboxylic acids is 1. The monoisotopic (exact) mass is 290 g/mol. The summed E-state index contributed by atoms with van der Waals surface area (Å²) in [5.41, 5.74) is 1.95. The topological polar surface area (TPSA) is 17.1 Å². The van der Waals surface area contributed by atoms with E-state index in [4.69, 9.17) is 0 Å². The molecule has 0 aromatic carbocycles. The Hall–Kier alpha value is -0.590. The van der Waals surface area contributed by atoms with Crippen LogP contribution in [0.1, 0.15) is 80.1 Å². The van der Waals surface area contributed by atoms with Crippen molar-refractivity contribution in [3.63, 3.8) is 0 Å². The van der Waals surface area contributed by atoms with Crippen molar-refractivity contribution in [1.82, 2.24) is 0 Å². The van der Waals surface area contributed by atoms with Crippen LogP contribution in [0.2, 0.25) is 0 Å². The molecular weight excluding hydrogens is 256 g/mol. The Morgan fingerprint density at radius 1 is 1.29 bits per heavy atom. The van der Waals surface area contributed by atoms with Crippen LogP contribution in [0.4, 0.5) is 0 Å². The minimum Gasteiger partial charge on any atom is -0.299 e. The highest BCUT2D eigenvalue weighted by molar-refractivity contribution is 5.85. The molecule has 120 valence electrons. The molecule has 3 fully saturated rings. The third-order valence-corrected chi connectivity index (χ3v) is 6.50. The van der Waals surface area contributed by atoms with Crippen LogP contribution < -0.4 is 0 Å². The summed E-state index contributed by atoms with van der Waals surface area (Å²) < 4.78 is 0. The molecule has 3 aliphatic rings. The van der Waals surface area contributed by atoms with Crippen LogP contribution in [0, 0.1) is 28.6 Å². The lowest BCUT2D eigenvalue weighted by molar-refractivity contribution is -0.175. The molecule has 0 aliphatic heterocycles. The van der Waals surface area contributed by atoms with E-state index in [0.29, 0.717) is 11.7 Å². The maximum Gasteiger partial charge on any atom is 0.137 e. The number of allylic oxidation sites excluding steroid dienone is 2. The first-order valence-corrected chi connectivity index (χ1v) is 8.83. The molecule has 0 amide bonds. The minimum atomic E-state index is 0.259. The van der Waals surface area contributed by atoms with Gasteiger partial charge in [0.15, 0.2) is 0 Å². The Bertz CT molecular complexity index is 427. The molecule has 0 N–H and O–H groups in total. The van der Waals surface area contributed by atoms with E-state index in [-0.39, 0.29) is 10.8 Å². The van der Waals surface area contributed by atoms with Crippen LogP contribution >= 0.6 is 0 Å². The second-order valence-corrected chi connectivity index (χ2v) is 8.96. The molecule has 1 heteroatoms. The van der Waals surface area contributed by atoms with Gasteiger partial charge in [-0.1, -0.05) is 45.8 Å². The van der Waals surface area contributed by atoms with E-state index in [1.807, 2.05) is 0 Å². The molecule has 0 aromatic rings. The molecule has 3 rings (SSSR count). The maximum absolute atomic E-state index is 12.3. The van der Waals surface area contributed by atoms with Gasteiger partial charge in [-0.05, 0) is 62.2 Å². The van der Waals surface area contributed by atoms with Gasteiger partial charge in [-0.2, -0.15) is 0 Å². The normalized spacial score (nSPS) is 35.0. The lowest BCUT2D eigenvalue weighted by Gasteiger charge is -2.63. The predicted octanol–water partition coefficient (Wildman–Crippen LogP) is 5.79. The second-order valence-electron chi connectivity index (χ2n) is 8.96. The van der Waals surface area contributed by atoms with Gasteiger partial charge >= 0.3 is 0 Å². The number of Topliss-reactive ketones (excluding diaryl/α,β-unsaturated/α-hetero) is 1. The number of carbonyl (C=O) groups is 1. The van der Waals surface area contributed by atoms with E-state index >= 15 is 0 Å². The van der Waals surface area contributed by atoms with Crippen molar-refractivity contribution in [1.29, 1.82) is 0 Å². The van der Waals surface area contributed by atoms with Crippen molar-refractivity contribution in [3.8, 4) is 0 Å². The summed E-state index contributed by atoms with van der Waals surface area (Å²) in [4.78, 5) is 12.3. The van der Waals surface area contributed by atoms with Gasteiger partial charge in [-0.25, -0.2) is 0 Å². The first-order chi connectivity index (χ1) is 9.67. The summed E-state index contributed by atoms with van der Waals surface area (Å²) in [6, 6.07) is 0. The lowest BCUT2D eigenvalue weighted by atomic mass is 9.40. The summed E-state index contributed by atoms with van der Waals surface area (Å²) in [6.07, 6.45) is 9.35. The fourth-order valence-corrected chi connectivity index (χ4v) is 4.94. The standard InChI is InChI=1S/C20H34O/c1-14(2)8-7-9-15(3)10-11-20(6)13-17(21)16-12-18(20)19(16,4)5/h8,15-16,18H,7,9-13H2,1-6H3/t15-,16+,18+,20+/m1/s1. The zero-order valence-electron chi connectivity index (χ0n) is 15.0. The van der Waals surface area contributed by atoms with Gasteiger partial charge < -0.3 is 0 Å². The number of rotatable bonds is 6. The van der Waals surface area contributed by atoms with Gasteiger partial charge in [-0.3, -0.25) is 4.79 Å². The summed E-state index contributed by atoms with van der Waals surface area (Å²) in [6.45, 7) is 13.7. The number of hydrogen-bond donors (Lipinski definition) is 0. The molecule has 0 saturated heterocycles. The molecule has 0 unspecified atom stereocenters. The zero-order valence-corrected chi connectivity index (χ0v) is 15.0. The molecule has 0 radical (unpaired) electrons. The van der Waals surface area contributed by atoms with Gasteiger partial charge in [-0.15, -0.1) is 0 Å². The first-order valence-electron chi connectivity index (χ1n) is 8.83. The smallest absolute Gasteiger partial charge is 0.137 e. The fraction of sp³-hybridized carbons (Fsp3) is 0.850. The molecule has 0 heterocycles. The van der Waals surface area contributed by atoms with Crippen LogP contribution in [0.25, 0.3) is 0 Å². The van der Waals surface area contributed by atoms with Crippen LogP contribution in [0.5, 0.6) is 0 Å². The van der Waals surface area contributed by atoms with Gasteiger partial charge in [0.25, 0.3) is 0 Å². The Kier molecular flexibility index (Phi) is 4.71. The molecule has 0 aromatic heterocycles. The molecule has 3 aliphatic carbocycles. The van der Waals surface area contributed by atoms with Crippen molar-refractivity contribution in [2.45, 2.75) is 80.1 Å².